The van der Waals surface area contributed by atoms with Crippen LogP contribution in [0.25, 0.3) is 11.3 Å². The van der Waals surface area contributed by atoms with Crippen LogP contribution in [0.2, 0.25) is 0 Å². The van der Waals surface area contributed by atoms with Crippen molar-refractivity contribution in [3.05, 3.63) is 59.7 Å². The number of hydrogen-bond acceptors (Lipinski definition) is 5. The molecule has 3 N–H and O–H groups in total. The third kappa shape index (κ3) is 2.88. The molecule has 22 heavy (non-hydrogen) atoms. The number of anilines is 1. The molecule has 0 aliphatic heterocycles. The average molecular weight is 291 g/mol. The van der Waals surface area contributed by atoms with Crippen molar-refractivity contribution in [1.82, 2.24) is 15.4 Å². The number of aromatic amines is 1. The lowest BCUT2D eigenvalue weighted by Gasteiger charge is -2.08. The number of nitrogen functional groups attached to an aromatic ring is 1. The van der Waals surface area contributed by atoms with Crippen molar-refractivity contribution < 1.29 is 4.74 Å². The van der Waals surface area contributed by atoms with Gasteiger partial charge in [-0.3, -0.25) is 0 Å². The van der Waals surface area contributed by atoms with Gasteiger partial charge >= 0.3 is 0 Å². The van der Waals surface area contributed by atoms with Gasteiger partial charge in [-0.2, -0.15) is 5.26 Å². The minimum absolute atomic E-state index is 0.382. The Kier molecular flexibility index (Phi) is 3.70. The summed E-state index contributed by atoms with van der Waals surface area (Å²) in [6.07, 6.45) is 0. The largest absolute Gasteiger partial charge is 0.489 e. The van der Waals surface area contributed by atoms with Gasteiger partial charge in [0.2, 0.25) is 0 Å². The van der Waals surface area contributed by atoms with Crippen LogP contribution >= 0.6 is 0 Å². The summed E-state index contributed by atoms with van der Waals surface area (Å²) in [4.78, 5) is 0. The summed E-state index contributed by atoms with van der Waals surface area (Å²) >= 11 is 0. The number of H-pyrrole nitrogens is 1. The molecule has 0 spiro atoms. The van der Waals surface area contributed by atoms with Crippen LogP contribution < -0.4 is 10.5 Å². The third-order valence-electron chi connectivity index (χ3n) is 3.14. The summed E-state index contributed by atoms with van der Waals surface area (Å²) in [5, 5.41) is 19.1. The molecule has 6 heteroatoms. The Balaban J connectivity index is 1.76. The number of aromatic nitrogens is 3. The molecule has 1 aromatic heterocycles. The first-order valence-electron chi connectivity index (χ1n) is 6.65. The van der Waals surface area contributed by atoms with Gasteiger partial charge in [-0.15, -0.1) is 5.10 Å². The Morgan fingerprint density at radius 2 is 2.05 bits per heavy atom. The van der Waals surface area contributed by atoms with Gasteiger partial charge in [-0.25, -0.2) is 5.10 Å². The smallest absolute Gasteiger partial charge is 0.147 e. The molecule has 0 fully saturated rings. The van der Waals surface area contributed by atoms with Crippen molar-refractivity contribution in [1.29, 1.82) is 5.26 Å². The highest BCUT2D eigenvalue weighted by Gasteiger charge is 2.07. The van der Waals surface area contributed by atoms with Crippen LogP contribution in [0.5, 0.6) is 5.75 Å². The molecule has 2 aromatic carbocycles. The van der Waals surface area contributed by atoms with Crippen molar-refractivity contribution >= 4 is 5.82 Å². The molecule has 0 amide bonds. The fourth-order valence-corrected chi connectivity index (χ4v) is 2.08. The molecule has 1 heterocycles. The van der Waals surface area contributed by atoms with Crippen LogP contribution in [0.15, 0.2) is 48.5 Å². The van der Waals surface area contributed by atoms with Crippen LogP contribution in [0.3, 0.4) is 0 Å². The van der Waals surface area contributed by atoms with Crippen molar-refractivity contribution in [3.8, 4) is 23.1 Å². The number of nitriles is 1. The predicted octanol–water partition coefficient (Wildman–Crippen LogP) is 2.50. The van der Waals surface area contributed by atoms with Crippen molar-refractivity contribution in [2.75, 3.05) is 5.73 Å². The highest BCUT2D eigenvalue weighted by Crippen LogP contribution is 2.25. The van der Waals surface area contributed by atoms with E-state index in [-0.39, 0.29) is 0 Å². The van der Waals surface area contributed by atoms with E-state index in [0.717, 1.165) is 11.1 Å². The van der Waals surface area contributed by atoms with Crippen LogP contribution in [-0.2, 0) is 6.61 Å². The highest BCUT2D eigenvalue weighted by atomic mass is 16.5. The number of nitrogens with zero attached hydrogens (tertiary/aromatic N) is 3. The lowest BCUT2D eigenvalue weighted by atomic mass is 10.1. The highest BCUT2D eigenvalue weighted by molar-refractivity contribution is 5.70. The number of nitrogens with one attached hydrogen (secondary N) is 1. The van der Waals surface area contributed by atoms with E-state index >= 15 is 0 Å². The van der Waals surface area contributed by atoms with E-state index in [0.29, 0.717) is 29.4 Å². The molecule has 0 bridgehead atoms. The Morgan fingerprint density at radius 3 is 2.82 bits per heavy atom. The molecule has 0 saturated heterocycles. The summed E-state index contributed by atoms with van der Waals surface area (Å²) in [7, 11) is 0. The first-order chi connectivity index (χ1) is 10.8. The number of ether oxygens (including phenoxy) is 1. The van der Waals surface area contributed by atoms with Gasteiger partial charge in [-0.1, -0.05) is 29.5 Å². The molecule has 0 unspecified atom stereocenters. The molecule has 0 radical (unpaired) electrons. The van der Waals surface area contributed by atoms with Crippen molar-refractivity contribution in [3.63, 3.8) is 0 Å². The molecule has 3 aromatic rings. The first kappa shape index (κ1) is 13.6. The normalized spacial score (nSPS) is 10.1. The molecule has 6 nitrogen and oxygen atoms in total. The zero-order chi connectivity index (χ0) is 15.4. The van der Waals surface area contributed by atoms with Gasteiger partial charge in [0.05, 0.1) is 11.6 Å². The summed E-state index contributed by atoms with van der Waals surface area (Å²) in [6, 6.07) is 16.9. The fraction of sp³-hybridized carbons (Fsp3) is 0.0625. The van der Waals surface area contributed by atoms with Crippen molar-refractivity contribution in [2.45, 2.75) is 6.61 Å². The molecular formula is C16H13N5O. The molecule has 0 saturated carbocycles. The summed E-state index contributed by atoms with van der Waals surface area (Å²) in [5.74, 6) is 1.11. The Morgan fingerprint density at radius 1 is 1.18 bits per heavy atom. The standard InChI is InChI=1S/C16H13N5O/c17-9-11-3-1-4-12(7-11)10-22-14-6-2-5-13(8-14)15-16(18)20-21-19-15/h1-8H,10H2,(H3,18,19,20,21). The molecule has 0 atom stereocenters. The zero-order valence-corrected chi connectivity index (χ0v) is 11.7. The maximum absolute atomic E-state index is 8.90. The number of rotatable bonds is 4. The average Bonchev–Trinajstić information content (AvgIpc) is 2.99. The van der Waals surface area contributed by atoms with Gasteiger partial charge in [0, 0.05) is 5.56 Å². The first-order valence-corrected chi connectivity index (χ1v) is 6.65. The van der Waals surface area contributed by atoms with E-state index in [4.69, 9.17) is 15.7 Å². The second-order valence-electron chi connectivity index (χ2n) is 4.70. The summed E-state index contributed by atoms with van der Waals surface area (Å²) in [5.41, 5.74) is 8.74. The van der Waals surface area contributed by atoms with Crippen LogP contribution in [-0.4, -0.2) is 15.4 Å². The van der Waals surface area contributed by atoms with Gasteiger partial charge in [-0.05, 0) is 29.8 Å². The minimum Gasteiger partial charge on any atom is -0.489 e. The second-order valence-corrected chi connectivity index (χ2v) is 4.70. The minimum atomic E-state index is 0.382. The molecule has 3 rings (SSSR count). The molecule has 0 aliphatic carbocycles. The molecular weight excluding hydrogens is 278 g/mol. The maximum Gasteiger partial charge on any atom is 0.147 e. The van der Waals surface area contributed by atoms with E-state index in [1.807, 2.05) is 36.4 Å². The summed E-state index contributed by atoms with van der Waals surface area (Å²) < 4.78 is 5.76. The Bertz CT molecular complexity index is 834. The van der Waals surface area contributed by atoms with Gasteiger partial charge in [0.1, 0.15) is 23.9 Å². The topological polar surface area (TPSA) is 101 Å². The SMILES string of the molecule is N#Cc1cccc(COc2cccc(-c3nn[nH]c3N)c2)c1. The summed E-state index contributed by atoms with van der Waals surface area (Å²) in [6.45, 7) is 0.382. The van der Waals surface area contributed by atoms with E-state index in [9.17, 15) is 0 Å². The molecule has 0 aliphatic rings. The van der Waals surface area contributed by atoms with Gasteiger partial charge in [0.25, 0.3) is 0 Å². The van der Waals surface area contributed by atoms with Gasteiger partial charge in [0.15, 0.2) is 0 Å². The van der Waals surface area contributed by atoms with E-state index in [1.54, 1.807) is 12.1 Å². The zero-order valence-electron chi connectivity index (χ0n) is 11.7. The van der Waals surface area contributed by atoms with E-state index in [1.165, 1.54) is 0 Å². The monoisotopic (exact) mass is 291 g/mol. The predicted molar refractivity (Wildman–Crippen MR) is 81.7 cm³/mol. The van der Waals surface area contributed by atoms with Crippen LogP contribution in [0.1, 0.15) is 11.1 Å². The van der Waals surface area contributed by atoms with Crippen LogP contribution in [0.4, 0.5) is 5.82 Å². The lowest BCUT2D eigenvalue weighted by molar-refractivity contribution is 0.306. The van der Waals surface area contributed by atoms with Crippen molar-refractivity contribution in [2.24, 2.45) is 0 Å². The number of nitrogens with two attached hydrogens (primary N) is 1. The third-order valence-corrected chi connectivity index (χ3v) is 3.14. The lowest BCUT2D eigenvalue weighted by Crippen LogP contribution is -1.96. The second kappa shape index (κ2) is 5.97. The van der Waals surface area contributed by atoms with Crippen LogP contribution in [0, 0.1) is 11.3 Å². The fourth-order valence-electron chi connectivity index (χ4n) is 2.08. The maximum atomic E-state index is 8.90. The van der Waals surface area contributed by atoms with E-state index in [2.05, 4.69) is 21.5 Å². The number of hydrogen-bond donors (Lipinski definition) is 2. The Hall–Kier alpha value is -3.33. The quantitative estimate of drug-likeness (QED) is 0.769. The number of benzene rings is 2. The van der Waals surface area contributed by atoms with Gasteiger partial charge < -0.3 is 10.5 Å². The van der Waals surface area contributed by atoms with E-state index < -0.39 is 0 Å². The molecule has 108 valence electrons. The Labute approximate surface area is 127 Å².